The van der Waals surface area contributed by atoms with E-state index >= 15 is 0 Å². The molecule has 0 aromatic heterocycles. The van der Waals surface area contributed by atoms with Crippen molar-refractivity contribution in [2.24, 2.45) is 0 Å². The Bertz CT molecular complexity index is 710. The van der Waals surface area contributed by atoms with Crippen LogP contribution in [0.4, 0.5) is 18.9 Å². The molecule has 2 rings (SSSR count). The molecule has 0 aliphatic carbocycles. The van der Waals surface area contributed by atoms with Gasteiger partial charge >= 0.3 is 0 Å². The van der Waals surface area contributed by atoms with Gasteiger partial charge in [0.05, 0.1) is 0 Å². The normalized spacial score (nSPS) is 10.7. The first-order chi connectivity index (χ1) is 11.4. The molecule has 2 aromatic carbocycles. The van der Waals surface area contributed by atoms with E-state index in [1.54, 1.807) is 12.1 Å². The maximum atomic E-state index is 14.4. The number of nitrogens with zero attached hydrogens (tertiary/aromatic N) is 1. The van der Waals surface area contributed by atoms with Crippen LogP contribution in [0.1, 0.15) is 37.8 Å². The van der Waals surface area contributed by atoms with Gasteiger partial charge in [-0.3, -0.25) is 4.79 Å². The van der Waals surface area contributed by atoms with Crippen molar-refractivity contribution >= 4 is 11.6 Å². The number of benzene rings is 2. The lowest BCUT2D eigenvalue weighted by Crippen LogP contribution is -2.30. The maximum absolute atomic E-state index is 14.4. The smallest absolute Gasteiger partial charge is 0.226 e. The average molecular weight is 335 g/mol. The molecule has 0 spiro atoms. The van der Waals surface area contributed by atoms with Gasteiger partial charge in [0.1, 0.15) is 17.5 Å². The second kappa shape index (κ2) is 7.99. The lowest BCUT2D eigenvalue weighted by atomic mass is 10.0. The van der Waals surface area contributed by atoms with E-state index in [2.05, 4.69) is 0 Å². The number of carbonyl (C=O) groups excluding carboxylic acids is 1. The molecule has 0 bridgehead atoms. The first-order valence-corrected chi connectivity index (χ1v) is 7.98. The van der Waals surface area contributed by atoms with Crippen LogP contribution in [-0.2, 0) is 11.2 Å². The highest BCUT2D eigenvalue weighted by Crippen LogP contribution is 2.22. The predicted octanol–water partition coefficient (Wildman–Crippen LogP) is 4.85. The topological polar surface area (TPSA) is 20.3 Å². The fourth-order valence-electron chi connectivity index (χ4n) is 2.63. The Balaban J connectivity index is 2.24. The highest BCUT2D eigenvalue weighted by Gasteiger charge is 2.15. The van der Waals surface area contributed by atoms with E-state index in [0.29, 0.717) is 29.8 Å². The molecule has 0 aliphatic heterocycles. The number of carbonyl (C=O) groups is 1. The first kappa shape index (κ1) is 18.0. The Morgan fingerprint density at radius 2 is 1.67 bits per heavy atom. The van der Waals surface area contributed by atoms with E-state index in [1.807, 2.05) is 13.8 Å². The van der Waals surface area contributed by atoms with Crippen LogP contribution in [0.15, 0.2) is 36.4 Å². The zero-order valence-corrected chi connectivity index (χ0v) is 13.8. The minimum atomic E-state index is -0.690. The van der Waals surface area contributed by atoms with Gasteiger partial charge in [-0.2, -0.15) is 0 Å². The minimum Gasteiger partial charge on any atom is -0.313 e. The molecule has 5 heteroatoms. The van der Waals surface area contributed by atoms with Crippen LogP contribution in [-0.4, -0.2) is 12.5 Å². The van der Waals surface area contributed by atoms with Crippen LogP contribution < -0.4 is 4.90 Å². The lowest BCUT2D eigenvalue weighted by Gasteiger charge is -2.21. The zero-order valence-electron chi connectivity index (χ0n) is 13.8. The molecule has 0 saturated carbocycles. The molecule has 24 heavy (non-hydrogen) atoms. The first-order valence-electron chi connectivity index (χ1n) is 7.98. The van der Waals surface area contributed by atoms with Crippen LogP contribution in [0, 0.1) is 17.5 Å². The van der Waals surface area contributed by atoms with Crippen LogP contribution in [0.25, 0.3) is 0 Å². The molecule has 2 nitrogen and oxygen atoms in total. The van der Waals surface area contributed by atoms with Gasteiger partial charge in [-0.1, -0.05) is 13.0 Å². The average Bonchev–Trinajstić information content (AvgIpc) is 2.50. The third-order valence-electron chi connectivity index (χ3n) is 3.75. The van der Waals surface area contributed by atoms with E-state index in [4.69, 9.17) is 0 Å². The van der Waals surface area contributed by atoms with Crippen molar-refractivity contribution in [3.05, 3.63) is 65.0 Å². The van der Waals surface area contributed by atoms with E-state index in [9.17, 15) is 18.0 Å². The highest BCUT2D eigenvalue weighted by atomic mass is 19.1. The second-order valence-electron chi connectivity index (χ2n) is 5.62. The van der Waals surface area contributed by atoms with Crippen molar-refractivity contribution in [2.75, 3.05) is 11.4 Å². The molecule has 0 saturated heterocycles. The van der Waals surface area contributed by atoms with Crippen LogP contribution in [0.3, 0.4) is 0 Å². The molecule has 0 N–H and O–H groups in total. The van der Waals surface area contributed by atoms with Gasteiger partial charge in [-0.15, -0.1) is 0 Å². The summed E-state index contributed by atoms with van der Waals surface area (Å²) in [6.45, 7) is 4.19. The van der Waals surface area contributed by atoms with Gasteiger partial charge in [-0.25, -0.2) is 13.2 Å². The van der Waals surface area contributed by atoms with Gasteiger partial charge in [-0.05, 0) is 48.7 Å². The van der Waals surface area contributed by atoms with Gasteiger partial charge in [0.25, 0.3) is 0 Å². The summed E-state index contributed by atoms with van der Waals surface area (Å²) in [6.07, 6.45) is 1.20. The summed E-state index contributed by atoms with van der Waals surface area (Å²) in [5.41, 5.74) is 1.17. The molecular weight excluding hydrogens is 315 g/mol. The molecular formula is C19H20F3NO. The van der Waals surface area contributed by atoms with E-state index < -0.39 is 17.5 Å². The quantitative estimate of drug-likeness (QED) is 0.739. The standard InChI is InChI=1S/C19H20F3NO/c1-3-5-19(24)23(4-2)17-7-6-14(18(22)12-17)8-13-9-15(20)11-16(21)10-13/h6-7,9-12H,3-5,8H2,1-2H3. The zero-order chi connectivity index (χ0) is 17.7. The predicted molar refractivity (Wildman–Crippen MR) is 88.5 cm³/mol. The van der Waals surface area contributed by atoms with Crippen molar-refractivity contribution in [1.82, 2.24) is 0 Å². The second-order valence-corrected chi connectivity index (χ2v) is 5.62. The Morgan fingerprint density at radius 1 is 1.00 bits per heavy atom. The summed E-state index contributed by atoms with van der Waals surface area (Å²) in [4.78, 5) is 13.6. The third-order valence-corrected chi connectivity index (χ3v) is 3.75. The summed E-state index contributed by atoms with van der Waals surface area (Å²) >= 11 is 0. The van der Waals surface area contributed by atoms with E-state index in [1.165, 1.54) is 23.1 Å². The van der Waals surface area contributed by atoms with Gasteiger partial charge in [0, 0.05) is 31.1 Å². The molecule has 0 heterocycles. The molecule has 0 radical (unpaired) electrons. The number of anilines is 1. The Hall–Kier alpha value is -2.30. The summed E-state index contributed by atoms with van der Waals surface area (Å²) < 4.78 is 40.8. The van der Waals surface area contributed by atoms with Crippen molar-refractivity contribution < 1.29 is 18.0 Å². The van der Waals surface area contributed by atoms with Crippen LogP contribution in [0.5, 0.6) is 0 Å². The molecule has 0 atom stereocenters. The van der Waals surface area contributed by atoms with Crippen molar-refractivity contribution in [3.8, 4) is 0 Å². The fraction of sp³-hybridized carbons (Fsp3) is 0.316. The minimum absolute atomic E-state index is 0.0562. The summed E-state index contributed by atoms with van der Waals surface area (Å²) in [5, 5.41) is 0. The molecule has 0 unspecified atom stereocenters. The number of halogens is 3. The number of hydrogen-bond acceptors (Lipinski definition) is 1. The Morgan fingerprint density at radius 3 is 2.21 bits per heavy atom. The lowest BCUT2D eigenvalue weighted by molar-refractivity contribution is -0.118. The maximum Gasteiger partial charge on any atom is 0.226 e. The molecule has 0 aliphatic rings. The number of hydrogen-bond donors (Lipinski definition) is 0. The van der Waals surface area contributed by atoms with Crippen molar-refractivity contribution in [1.29, 1.82) is 0 Å². The Labute approximate surface area is 139 Å². The molecule has 128 valence electrons. The van der Waals surface area contributed by atoms with Crippen molar-refractivity contribution in [3.63, 3.8) is 0 Å². The van der Waals surface area contributed by atoms with Crippen LogP contribution >= 0.6 is 0 Å². The number of amides is 1. The summed E-state index contributed by atoms with van der Waals surface area (Å²) in [7, 11) is 0. The fourth-order valence-corrected chi connectivity index (χ4v) is 2.63. The van der Waals surface area contributed by atoms with Gasteiger partial charge in [0.15, 0.2) is 0 Å². The van der Waals surface area contributed by atoms with Crippen molar-refractivity contribution in [2.45, 2.75) is 33.1 Å². The molecule has 1 amide bonds. The van der Waals surface area contributed by atoms with Crippen LogP contribution in [0.2, 0.25) is 0 Å². The number of rotatable bonds is 6. The van der Waals surface area contributed by atoms with E-state index in [0.717, 1.165) is 12.5 Å². The monoisotopic (exact) mass is 335 g/mol. The summed E-state index contributed by atoms with van der Waals surface area (Å²) in [6, 6.07) is 7.64. The van der Waals surface area contributed by atoms with Gasteiger partial charge in [0.2, 0.25) is 5.91 Å². The highest BCUT2D eigenvalue weighted by molar-refractivity contribution is 5.93. The largest absolute Gasteiger partial charge is 0.313 e. The third kappa shape index (κ3) is 4.37. The Kier molecular flexibility index (Phi) is 6.01. The molecule has 2 aromatic rings. The van der Waals surface area contributed by atoms with E-state index in [-0.39, 0.29) is 12.3 Å². The van der Waals surface area contributed by atoms with Gasteiger partial charge < -0.3 is 4.90 Å². The summed E-state index contributed by atoms with van der Waals surface area (Å²) in [5.74, 6) is -1.94. The molecule has 0 fully saturated rings. The SMILES string of the molecule is CCCC(=O)N(CC)c1ccc(Cc2cc(F)cc(F)c2)c(F)c1.